The molecule has 0 spiro atoms. The fourth-order valence-corrected chi connectivity index (χ4v) is 4.48. The summed E-state index contributed by atoms with van der Waals surface area (Å²) in [6.07, 6.45) is 1.49. The summed E-state index contributed by atoms with van der Waals surface area (Å²) in [7, 11) is -4.11. The Hall–Kier alpha value is -4.44. The van der Waals surface area contributed by atoms with Crippen LogP contribution in [-0.2, 0) is 28.0 Å². The van der Waals surface area contributed by atoms with E-state index in [1.807, 2.05) is 0 Å². The van der Waals surface area contributed by atoms with Crippen molar-refractivity contribution in [1.29, 1.82) is 0 Å². The molecular weight excluding hydrogens is 499 g/mol. The number of furan rings is 1. The molecule has 0 aliphatic carbocycles. The summed E-state index contributed by atoms with van der Waals surface area (Å²) in [6, 6.07) is 20.9. The van der Waals surface area contributed by atoms with Crippen molar-refractivity contribution in [3.8, 4) is 5.75 Å². The predicted octanol–water partition coefficient (Wildman–Crippen LogP) is 4.99. The topological polar surface area (TPSA) is 106 Å². The Labute approximate surface area is 213 Å². The third-order valence-corrected chi connectivity index (χ3v) is 6.55. The van der Waals surface area contributed by atoms with E-state index in [-0.39, 0.29) is 35.2 Å². The van der Waals surface area contributed by atoms with Gasteiger partial charge in [0.15, 0.2) is 0 Å². The molecule has 1 N–H and O–H groups in total. The SMILES string of the molecule is CC(=O)Nc1ccc(S(=O)(=O)Oc2ccc(CN(Cc3ccco3)C(=O)c3ccccc3F)cc2)cc1. The molecule has 0 aliphatic heterocycles. The van der Waals surface area contributed by atoms with E-state index in [0.717, 1.165) is 0 Å². The first-order valence-corrected chi connectivity index (χ1v) is 12.6. The molecule has 3 aromatic carbocycles. The number of carbonyl (C=O) groups excluding carboxylic acids is 2. The molecule has 4 aromatic rings. The highest BCUT2D eigenvalue weighted by Crippen LogP contribution is 2.22. The molecule has 37 heavy (non-hydrogen) atoms. The standard InChI is InChI=1S/C27H23FN2O6S/c1-19(31)29-21-10-14-24(15-11-21)37(33,34)36-22-12-8-20(9-13-22)17-30(18-23-5-4-16-35-23)27(32)25-6-2-3-7-26(25)28/h2-16H,17-18H2,1H3,(H,29,31). The van der Waals surface area contributed by atoms with Crippen molar-refractivity contribution in [2.45, 2.75) is 24.9 Å². The maximum absolute atomic E-state index is 14.3. The molecule has 0 unspecified atom stereocenters. The lowest BCUT2D eigenvalue weighted by Crippen LogP contribution is -2.30. The lowest BCUT2D eigenvalue weighted by molar-refractivity contribution is -0.114. The van der Waals surface area contributed by atoms with E-state index < -0.39 is 21.8 Å². The van der Waals surface area contributed by atoms with E-state index >= 15 is 0 Å². The van der Waals surface area contributed by atoms with Crippen molar-refractivity contribution in [1.82, 2.24) is 4.90 Å². The molecule has 4 rings (SSSR count). The minimum Gasteiger partial charge on any atom is -0.467 e. The van der Waals surface area contributed by atoms with Gasteiger partial charge < -0.3 is 18.8 Å². The first-order valence-electron chi connectivity index (χ1n) is 11.2. The molecular formula is C27H23FN2O6S. The van der Waals surface area contributed by atoms with Gasteiger partial charge in [-0.1, -0.05) is 24.3 Å². The molecule has 0 aliphatic rings. The Morgan fingerprint density at radius 3 is 2.24 bits per heavy atom. The van der Waals surface area contributed by atoms with Crippen LogP contribution < -0.4 is 9.50 Å². The molecule has 0 bridgehead atoms. The number of halogens is 1. The maximum atomic E-state index is 14.3. The highest BCUT2D eigenvalue weighted by molar-refractivity contribution is 7.87. The molecule has 10 heteroatoms. The van der Waals surface area contributed by atoms with E-state index in [4.69, 9.17) is 8.60 Å². The van der Waals surface area contributed by atoms with Crippen LogP contribution in [0, 0.1) is 5.82 Å². The largest absolute Gasteiger partial charge is 0.467 e. The van der Waals surface area contributed by atoms with Crippen molar-refractivity contribution < 1.29 is 31.0 Å². The van der Waals surface area contributed by atoms with Crippen molar-refractivity contribution in [3.05, 3.63) is 114 Å². The van der Waals surface area contributed by atoms with Crippen LogP contribution in [0.4, 0.5) is 10.1 Å². The van der Waals surface area contributed by atoms with Gasteiger partial charge in [-0.15, -0.1) is 0 Å². The number of amides is 2. The van der Waals surface area contributed by atoms with Crippen molar-refractivity contribution in [2.75, 3.05) is 5.32 Å². The number of nitrogens with one attached hydrogen (secondary N) is 1. The molecule has 1 aromatic heterocycles. The van der Waals surface area contributed by atoms with Crippen LogP contribution in [0.15, 0.2) is 101 Å². The summed E-state index contributed by atoms with van der Waals surface area (Å²) in [5.74, 6) is -0.811. The lowest BCUT2D eigenvalue weighted by atomic mass is 10.1. The van der Waals surface area contributed by atoms with Gasteiger partial charge in [-0.05, 0) is 66.2 Å². The van der Waals surface area contributed by atoms with Gasteiger partial charge in [-0.3, -0.25) is 9.59 Å². The van der Waals surface area contributed by atoms with Crippen LogP contribution >= 0.6 is 0 Å². The molecule has 0 fully saturated rings. The number of nitrogens with zero attached hydrogens (tertiary/aromatic N) is 1. The number of benzene rings is 3. The number of anilines is 1. The summed E-state index contributed by atoms with van der Waals surface area (Å²) in [5.41, 5.74) is 1.06. The molecule has 190 valence electrons. The second-order valence-electron chi connectivity index (χ2n) is 8.11. The van der Waals surface area contributed by atoms with Gasteiger partial charge in [0, 0.05) is 19.2 Å². The van der Waals surface area contributed by atoms with E-state index in [0.29, 0.717) is 17.0 Å². The Morgan fingerprint density at radius 1 is 0.919 bits per heavy atom. The Morgan fingerprint density at radius 2 is 1.62 bits per heavy atom. The maximum Gasteiger partial charge on any atom is 0.339 e. The third kappa shape index (κ3) is 6.62. The van der Waals surface area contributed by atoms with Gasteiger partial charge in [0.05, 0.1) is 18.4 Å². The first kappa shape index (κ1) is 25.6. The quantitative estimate of drug-likeness (QED) is 0.311. The van der Waals surface area contributed by atoms with Crippen LogP contribution in [0.25, 0.3) is 0 Å². The van der Waals surface area contributed by atoms with Crippen LogP contribution in [-0.4, -0.2) is 25.1 Å². The summed E-state index contributed by atoms with van der Waals surface area (Å²) in [5, 5.41) is 2.56. The summed E-state index contributed by atoms with van der Waals surface area (Å²) < 4.78 is 50.2. The fraction of sp³-hybridized carbons (Fsp3) is 0.111. The normalized spacial score (nSPS) is 11.1. The van der Waals surface area contributed by atoms with Crippen LogP contribution in [0.2, 0.25) is 0 Å². The predicted molar refractivity (Wildman–Crippen MR) is 134 cm³/mol. The first-order chi connectivity index (χ1) is 17.7. The Bertz CT molecular complexity index is 1480. The summed E-state index contributed by atoms with van der Waals surface area (Å²) in [6.45, 7) is 1.58. The van der Waals surface area contributed by atoms with Gasteiger partial charge in [0.1, 0.15) is 22.2 Å². The van der Waals surface area contributed by atoms with Crippen LogP contribution in [0.5, 0.6) is 5.75 Å². The highest BCUT2D eigenvalue weighted by atomic mass is 32.2. The van der Waals surface area contributed by atoms with Gasteiger partial charge in [-0.25, -0.2) is 4.39 Å². The van der Waals surface area contributed by atoms with Crippen molar-refractivity contribution in [2.24, 2.45) is 0 Å². The van der Waals surface area contributed by atoms with E-state index in [1.165, 1.54) is 72.7 Å². The molecule has 1 heterocycles. The lowest BCUT2D eigenvalue weighted by Gasteiger charge is -2.22. The molecule has 0 atom stereocenters. The zero-order chi connectivity index (χ0) is 26.4. The zero-order valence-corrected chi connectivity index (χ0v) is 20.6. The fourth-order valence-electron chi connectivity index (χ4n) is 3.55. The van der Waals surface area contributed by atoms with E-state index in [2.05, 4.69) is 5.32 Å². The van der Waals surface area contributed by atoms with E-state index in [9.17, 15) is 22.4 Å². The average Bonchev–Trinajstić information content (AvgIpc) is 3.38. The molecule has 0 saturated heterocycles. The highest BCUT2D eigenvalue weighted by Gasteiger charge is 2.21. The summed E-state index contributed by atoms with van der Waals surface area (Å²) >= 11 is 0. The van der Waals surface area contributed by atoms with Gasteiger partial charge in [-0.2, -0.15) is 8.42 Å². The van der Waals surface area contributed by atoms with Crippen LogP contribution in [0.3, 0.4) is 0 Å². The second-order valence-corrected chi connectivity index (χ2v) is 9.65. The van der Waals surface area contributed by atoms with Crippen molar-refractivity contribution in [3.63, 3.8) is 0 Å². The number of hydrogen-bond acceptors (Lipinski definition) is 6. The number of hydrogen-bond donors (Lipinski definition) is 1. The Balaban J connectivity index is 1.48. The molecule has 0 saturated carbocycles. The van der Waals surface area contributed by atoms with Gasteiger partial charge >= 0.3 is 10.1 Å². The third-order valence-electron chi connectivity index (χ3n) is 5.28. The smallest absolute Gasteiger partial charge is 0.339 e. The molecule has 0 radical (unpaired) electrons. The van der Waals surface area contributed by atoms with Gasteiger partial charge in [0.25, 0.3) is 5.91 Å². The van der Waals surface area contributed by atoms with E-state index in [1.54, 1.807) is 30.3 Å². The molecule has 8 nitrogen and oxygen atoms in total. The Kier molecular flexibility index (Phi) is 7.69. The van der Waals surface area contributed by atoms with Crippen molar-refractivity contribution >= 4 is 27.6 Å². The monoisotopic (exact) mass is 522 g/mol. The minimum atomic E-state index is -4.11. The zero-order valence-electron chi connectivity index (χ0n) is 19.8. The summed E-state index contributed by atoms with van der Waals surface area (Å²) in [4.78, 5) is 25.6. The number of rotatable bonds is 9. The number of carbonyl (C=O) groups is 2. The second kappa shape index (κ2) is 11.1. The minimum absolute atomic E-state index is 0.0652. The average molecular weight is 523 g/mol. The van der Waals surface area contributed by atoms with Crippen LogP contribution in [0.1, 0.15) is 28.6 Å². The van der Waals surface area contributed by atoms with Gasteiger partial charge in [0.2, 0.25) is 5.91 Å². The molecule has 2 amide bonds.